The quantitative estimate of drug-likeness (QED) is 0.391. The van der Waals surface area contributed by atoms with Crippen molar-refractivity contribution in [1.82, 2.24) is 24.9 Å². The molecule has 0 fully saturated rings. The first-order valence-corrected chi connectivity index (χ1v) is 10.0. The Morgan fingerprint density at radius 3 is 2.78 bits per heavy atom. The predicted octanol–water partition coefficient (Wildman–Crippen LogP) is 4.53. The van der Waals surface area contributed by atoms with E-state index in [-0.39, 0.29) is 0 Å². The maximum atomic E-state index is 5.46. The Balaban J connectivity index is 1.38. The highest BCUT2D eigenvalue weighted by Crippen LogP contribution is 2.32. The number of benzene rings is 1. The van der Waals surface area contributed by atoms with Gasteiger partial charge in [0.2, 0.25) is 0 Å². The number of aromatic amines is 1. The van der Waals surface area contributed by atoms with Crippen LogP contribution < -0.4 is 14.8 Å². The maximum absolute atomic E-state index is 5.46. The summed E-state index contributed by atoms with van der Waals surface area (Å²) in [6.07, 6.45) is 5.63. The molecule has 0 aliphatic rings. The third kappa shape index (κ3) is 3.87. The van der Waals surface area contributed by atoms with E-state index in [1.54, 1.807) is 14.2 Å². The van der Waals surface area contributed by atoms with Crippen LogP contribution in [0.2, 0.25) is 0 Å². The molecule has 0 atom stereocenters. The molecule has 0 spiro atoms. The Labute approximate surface area is 184 Å². The number of fused-ring (bicyclic) bond motifs is 1. The summed E-state index contributed by atoms with van der Waals surface area (Å²) >= 11 is 0. The zero-order valence-corrected chi connectivity index (χ0v) is 17.9. The molecule has 0 aliphatic carbocycles. The van der Waals surface area contributed by atoms with Gasteiger partial charge in [0.15, 0.2) is 0 Å². The second-order valence-corrected chi connectivity index (χ2v) is 7.39. The summed E-state index contributed by atoms with van der Waals surface area (Å²) in [5.41, 5.74) is 4.54. The number of methoxy groups -OCH3 is 2. The molecule has 0 saturated carbocycles. The van der Waals surface area contributed by atoms with E-state index in [0.29, 0.717) is 18.1 Å². The molecule has 0 bridgehead atoms. The molecule has 2 N–H and O–H groups in total. The number of rotatable bonds is 7. The monoisotopic (exact) mass is 430 g/mol. The summed E-state index contributed by atoms with van der Waals surface area (Å²) in [6, 6.07) is 11.5. The Kier molecular flexibility index (Phi) is 4.98. The number of hydrogen-bond donors (Lipinski definition) is 2. The highest BCUT2D eigenvalue weighted by atomic mass is 16.5. The summed E-state index contributed by atoms with van der Waals surface area (Å²) in [5.74, 6) is 2.89. The third-order valence-corrected chi connectivity index (χ3v) is 5.12. The minimum atomic E-state index is 0.552. The van der Waals surface area contributed by atoms with Crippen LogP contribution in [0.1, 0.15) is 11.5 Å². The van der Waals surface area contributed by atoms with Crippen LogP contribution in [0.3, 0.4) is 0 Å². The highest BCUT2D eigenvalue weighted by Gasteiger charge is 2.10. The number of H-pyrrole nitrogens is 1. The summed E-state index contributed by atoms with van der Waals surface area (Å²) in [6.45, 7) is 2.42. The van der Waals surface area contributed by atoms with Gasteiger partial charge in [0.05, 0.1) is 38.2 Å². The van der Waals surface area contributed by atoms with Gasteiger partial charge in [0, 0.05) is 47.2 Å². The van der Waals surface area contributed by atoms with E-state index in [2.05, 4.69) is 31.6 Å². The molecule has 0 saturated heterocycles. The molecular weight excluding hydrogens is 408 g/mol. The molecule has 1 aromatic carbocycles. The lowest BCUT2D eigenvalue weighted by Crippen LogP contribution is -1.99. The van der Waals surface area contributed by atoms with Crippen LogP contribution in [0.15, 0.2) is 59.5 Å². The third-order valence-electron chi connectivity index (χ3n) is 5.12. The van der Waals surface area contributed by atoms with Crippen molar-refractivity contribution >= 4 is 22.4 Å². The van der Waals surface area contributed by atoms with Crippen molar-refractivity contribution in [2.45, 2.75) is 13.5 Å². The standard InChI is InChI=1S/C23H22N6O3/c1-14-6-17(28-32-14)13-29-12-16(11-25-29)20-7-15-10-24-23(9-21(15)26-20)27-19-5-4-18(30-2)8-22(19)31-3/h4-12,26H,13H2,1-3H3,(H,24,27). The molecule has 9 nitrogen and oxygen atoms in total. The van der Waals surface area contributed by atoms with Crippen molar-refractivity contribution in [3.8, 4) is 22.8 Å². The van der Waals surface area contributed by atoms with Crippen LogP contribution in [0.4, 0.5) is 11.5 Å². The van der Waals surface area contributed by atoms with E-state index in [0.717, 1.165) is 45.1 Å². The zero-order chi connectivity index (χ0) is 22.1. The summed E-state index contributed by atoms with van der Waals surface area (Å²) in [4.78, 5) is 7.98. The first-order valence-electron chi connectivity index (χ1n) is 10.0. The van der Waals surface area contributed by atoms with Gasteiger partial charge in [-0.15, -0.1) is 0 Å². The first kappa shape index (κ1) is 19.7. The fourth-order valence-electron chi connectivity index (χ4n) is 3.54. The second kappa shape index (κ2) is 8.10. The van der Waals surface area contributed by atoms with Gasteiger partial charge in [0.1, 0.15) is 28.8 Å². The van der Waals surface area contributed by atoms with Crippen molar-refractivity contribution in [3.05, 3.63) is 66.4 Å². The average Bonchev–Trinajstić information content (AvgIpc) is 3.53. The van der Waals surface area contributed by atoms with E-state index >= 15 is 0 Å². The van der Waals surface area contributed by atoms with Gasteiger partial charge < -0.3 is 24.3 Å². The van der Waals surface area contributed by atoms with Gasteiger partial charge in [0.25, 0.3) is 0 Å². The first-order chi connectivity index (χ1) is 15.6. The normalized spacial score (nSPS) is 11.1. The maximum Gasteiger partial charge on any atom is 0.146 e. The van der Waals surface area contributed by atoms with E-state index in [1.165, 1.54) is 0 Å². The topological polar surface area (TPSA) is 103 Å². The smallest absolute Gasteiger partial charge is 0.146 e. The van der Waals surface area contributed by atoms with Crippen molar-refractivity contribution in [2.75, 3.05) is 19.5 Å². The van der Waals surface area contributed by atoms with Crippen LogP contribution in [-0.4, -0.2) is 39.1 Å². The fraction of sp³-hybridized carbons (Fsp3) is 0.174. The molecule has 5 aromatic rings. The van der Waals surface area contributed by atoms with Crippen LogP contribution in [0, 0.1) is 6.92 Å². The Hall–Kier alpha value is -4.27. The number of aromatic nitrogens is 5. The summed E-state index contributed by atoms with van der Waals surface area (Å²) in [7, 11) is 3.25. The average molecular weight is 430 g/mol. The number of aryl methyl sites for hydroxylation is 1. The van der Waals surface area contributed by atoms with Gasteiger partial charge in [-0.1, -0.05) is 5.16 Å². The number of hydrogen-bond acceptors (Lipinski definition) is 7. The van der Waals surface area contributed by atoms with Crippen molar-refractivity contribution in [2.24, 2.45) is 0 Å². The molecule has 0 unspecified atom stereocenters. The van der Waals surface area contributed by atoms with E-state index < -0.39 is 0 Å². The fourth-order valence-corrected chi connectivity index (χ4v) is 3.54. The Bertz CT molecular complexity index is 1380. The molecular formula is C23H22N6O3. The lowest BCUT2D eigenvalue weighted by atomic mass is 10.2. The largest absolute Gasteiger partial charge is 0.497 e. The molecule has 4 aromatic heterocycles. The Morgan fingerprint density at radius 1 is 1.09 bits per heavy atom. The Morgan fingerprint density at radius 2 is 2.00 bits per heavy atom. The van der Waals surface area contributed by atoms with Crippen LogP contribution in [0.5, 0.6) is 11.5 Å². The van der Waals surface area contributed by atoms with Gasteiger partial charge in [-0.25, -0.2) is 4.98 Å². The second-order valence-electron chi connectivity index (χ2n) is 7.39. The van der Waals surface area contributed by atoms with Gasteiger partial charge in [-0.05, 0) is 25.1 Å². The number of nitrogens with one attached hydrogen (secondary N) is 2. The van der Waals surface area contributed by atoms with E-state index in [1.807, 2.05) is 60.5 Å². The number of pyridine rings is 1. The van der Waals surface area contributed by atoms with Crippen molar-refractivity contribution in [3.63, 3.8) is 0 Å². The molecule has 162 valence electrons. The molecule has 4 heterocycles. The van der Waals surface area contributed by atoms with Gasteiger partial charge in [-0.3, -0.25) is 4.68 Å². The van der Waals surface area contributed by atoms with Gasteiger partial charge in [-0.2, -0.15) is 5.10 Å². The lowest BCUT2D eigenvalue weighted by Gasteiger charge is -2.12. The summed E-state index contributed by atoms with van der Waals surface area (Å²) in [5, 5.41) is 12.8. The summed E-state index contributed by atoms with van der Waals surface area (Å²) < 4.78 is 17.7. The number of anilines is 2. The van der Waals surface area contributed by atoms with Crippen LogP contribution in [-0.2, 0) is 6.54 Å². The zero-order valence-electron chi connectivity index (χ0n) is 17.9. The lowest BCUT2D eigenvalue weighted by molar-refractivity contribution is 0.387. The minimum Gasteiger partial charge on any atom is -0.497 e. The van der Waals surface area contributed by atoms with Crippen molar-refractivity contribution < 1.29 is 14.0 Å². The molecule has 5 rings (SSSR count). The molecule has 0 aliphatic heterocycles. The van der Waals surface area contributed by atoms with Crippen LogP contribution in [0.25, 0.3) is 22.2 Å². The van der Waals surface area contributed by atoms with Crippen molar-refractivity contribution in [1.29, 1.82) is 0 Å². The van der Waals surface area contributed by atoms with Gasteiger partial charge >= 0.3 is 0 Å². The number of nitrogens with zero attached hydrogens (tertiary/aromatic N) is 4. The van der Waals surface area contributed by atoms with Crippen LogP contribution >= 0.6 is 0 Å². The highest BCUT2D eigenvalue weighted by molar-refractivity contribution is 5.87. The van der Waals surface area contributed by atoms with E-state index in [9.17, 15) is 0 Å². The molecule has 32 heavy (non-hydrogen) atoms. The molecule has 0 radical (unpaired) electrons. The predicted molar refractivity (Wildman–Crippen MR) is 120 cm³/mol. The molecule has 9 heteroatoms. The van der Waals surface area contributed by atoms with E-state index in [4.69, 9.17) is 14.0 Å². The molecule has 0 amide bonds. The minimum absolute atomic E-state index is 0.552. The number of ether oxygens (including phenoxy) is 2. The SMILES string of the molecule is COc1ccc(Nc2cc3[nH]c(-c4cnn(Cc5cc(C)on5)c4)cc3cn2)c(OC)c1.